The van der Waals surface area contributed by atoms with Gasteiger partial charge in [-0.25, -0.2) is 0 Å². The second-order valence-corrected chi connectivity index (χ2v) is 4.58. The highest BCUT2D eigenvalue weighted by atomic mass is 15.1. The average molecular weight is 210 g/mol. The van der Waals surface area contributed by atoms with Gasteiger partial charge in [-0.3, -0.25) is 4.99 Å². The number of aliphatic imine (C=N–C) groups is 1. The minimum absolute atomic E-state index is 0.646. The van der Waals surface area contributed by atoms with Gasteiger partial charge in [-0.1, -0.05) is 46.0 Å². The molecule has 2 nitrogen and oxygen atoms in total. The van der Waals surface area contributed by atoms with Crippen molar-refractivity contribution in [1.82, 2.24) is 5.32 Å². The Kier molecular flexibility index (Phi) is 6.45. The highest BCUT2D eigenvalue weighted by Crippen LogP contribution is 2.10. The SMILES string of the molecule is CCCCCC1=NCC(CCCCC)N1. The van der Waals surface area contributed by atoms with Crippen molar-refractivity contribution in [1.29, 1.82) is 0 Å². The van der Waals surface area contributed by atoms with E-state index in [2.05, 4.69) is 24.2 Å². The Balaban J connectivity index is 2.03. The molecule has 0 saturated carbocycles. The predicted octanol–water partition coefficient (Wildman–Crippen LogP) is 3.52. The van der Waals surface area contributed by atoms with Gasteiger partial charge in [0.05, 0.1) is 12.4 Å². The zero-order valence-electron chi connectivity index (χ0n) is 10.4. The molecule has 0 aromatic carbocycles. The smallest absolute Gasteiger partial charge is 0.0966 e. The van der Waals surface area contributed by atoms with Gasteiger partial charge in [-0.2, -0.15) is 0 Å². The second-order valence-electron chi connectivity index (χ2n) is 4.58. The van der Waals surface area contributed by atoms with Gasteiger partial charge in [0.25, 0.3) is 0 Å². The fraction of sp³-hybridized carbons (Fsp3) is 0.923. The van der Waals surface area contributed by atoms with Crippen LogP contribution < -0.4 is 5.32 Å². The van der Waals surface area contributed by atoms with Gasteiger partial charge in [0.2, 0.25) is 0 Å². The lowest BCUT2D eigenvalue weighted by atomic mass is 10.1. The molecule has 15 heavy (non-hydrogen) atoms. The third kappa shape index (κ3) is 5.19. The Morgan fingerprint density at radius 1 is 1.13 bits per heavy atom. The molecule has 0 aromatic heterocycles. The molecule has 0 aromatic rings. The van der Waals surface area contributed by atoms with E-state index in [9.17, 15) is 0 Å². The maximum Gasteiger partial charge on any atom is 0.0966 e. The number of hydrogen-bond donors (Lipinski definition) is 1. The summed E-state index contributed by atoms with van der Waals surface area (Å²) >= 11 is 0. The summed E-state index contributed by atoms with van der Waals surface area (Å²) in [5.41, 5.74) is 0. The number of hydrogen-bond acceptors (Lipinski definition) is 2. The van der Waals surface area contributed by atoms with Gasteiger partial charge in [-0.05, 0) is 12.8 Å². The molecule has 0 amide bonds. The van der Waals surface area contributed by atoms with Crippen LogP contribution in [0.2, 0.25) is 0 Å². The summed E-state index contributed by atoms with van der Waals surface area (Å²) in [5.74, 6) is 1.27. The van der Waals surface area contributed by atoms with Crippen LogP contribution in [0, 0.1) is 0 Å². The molecule has 0 aliphatic carbocycles. The van der Waals surface area contributed by atoms with Crippen LogP contribution in [0.4, 0.5) is 0 Å². The molecule has 1 rings (SSSR count). The number of nitrogens with zero attached hydrogens (tertiary/aromatic N) is 1. The molecule has 0 saturated heterocycles. The van der Waals surface area contributed by atoms with E-state index in [1.165, 1.54) is 50.8 Å². The van der Waals surface area contributed by atoms with Crippen LogP contribution in [-0.2, 0) is 0 Å². The molecule has 1 atom stereocenters. The normalized spacial score (nSPS) is 20.1. The fourth-order valence-corrected chi connectivity index (χ4v) is 2.05. The van der Waals surface area contributed by atoms with Crippen molar-refractivity contribution in [2.75, 3.05) is 6.54 Å². The molecular weight excluding hydrogens is 184 g/mol. The first-order chi connectivity index (χ1) is 7.36. The summed E-state index contributed by atoms with van der Waals surface area (Å²) in [7, 11) is 0. The molecule has 1 unspecified atom stereocenters. The van der Waals surface area contributed by atoms with Gasteiger partial charge in [0, 0.05) is 12.5 Å². The standard InChI is InChI=1S/C13H26N2/c1-3-5-7-9-12-11-14-13(15-12)10-8-6-4-2/h12H,3-11H2,1-2H3,(H,14,15). The van der Waals surface area contributed by atoms with E-state index in [1.54, 1.807) is 0 Å². The van der Waals surface area contributed by atoms with Crippen molar-refractivity contribution in [2.24, 2.45) is 4.99 Å². The lowest BCUT2D eigenvalue weighted by Gasteiger charge is -2.11. The highest BCUT2D eigenvalue weighted by molar-refractivity contribution is 5.83. The van der Waals surface area contributed by atoms with Crippen molar-refractivity contribution in [3.05, 3.63) is 0 Å². The van der Waals surface area contributed by atoms with E-state index in [-0.39, 0.29) is 0 Å². The largest absolute Gasteiger partial charge is 0.369 e. The quantitative estimate of drug-likeness (QED) is 0.609. The van der Waals surface area contributed by atoms with E-state index in [1.807, 2.05) is 0 Å². The average Bonchev–Trinajstić information content (AvgIpc) is 2.67. The maximum atomic E-state index is 4.57. The van der Waals surface area contributed by atoms with Crippen molar-refractivity contribution in [3.63, 3.8) is 0 Å². The molecule has 2 heteroatoms. The molecule has 1 heterocycles. The Bertz CT molecular complexity index is 187. The molecule has 88 valence electrons. The van der Waals surface area contributed by atoms with Crippen LogP contribution >= 0.6 is 0 Å². The topological polar surface area (TPSA) is 24.4 Å². The van der Waals surface area contributed by atoms with Crippen molar-refractivity contribution in [3.8, 4) is 0 Å². The summed E-state index contributed by atoms with van der Waals surface area (Å²) in [5, 5.41) is 3.56. The van der Waals surface area contributed by atoms with Crippen LogP contribution in [0.25, 0.3) is 0 Å². The molecule has 0 spiro atoms. The maximum absolute atomic E-state index is 4.57. The number of unbranched alkanes of at least 4 members (excludes halogenated alkanes) is 4. The third-order valence-electron chi connectivity index (χ3n) is 3.05. The predicted molar refractivity (Wildman–Crippen MR) is 67.5 cm³/mol. The Morgan fingerprint density at radius 2 is 1.87 bits per heavy atom. The molecule has 1 aliphatic heterocycles. The first-order valence-corrected chi connectivity index (χ1v) is 6.66. The van der Waals surface area contributed by atoms with Gasteiger partial charge >= 0.3 is 0 Å². The molecule has 0 fully saturated rings. The first kappa shape index (κ1) is 12.5. The minimum atomic E-state index is 0.646. The van der Waals surface area contributed by atoms with Crippen molar-refractivity contribution >= 4 is 5.84 Å². The molecule has 0 radical (unpaired) electrons. The van der Waals surface area contributed by atoms with E-state index in [0.717, 1.165) is 13.0 Å². The minimum Gasteiger partial charge on any atom is -0.369 e. The van der Waals surface area contributed by atoms with Gasteiger partial charge in [-0.15, -0.1) is 0 Å². The van der Waals surface area contributed by atoms with Gasteiger partial charge < -0.3 is 5.32 Å². The lowest BCUT2D eigenvalue weighted by molar-refractivity contribution is 0.548. The van der Waals surface area contributed by atoms with E-state index in [0.29, 0.717) is 6.04 Å². The summed E-state index contributed by atoms with van der Waals surface area (Å²) in [6.45, 7) is 5.53. The summed E-state index contributed by atoms with van der Waals surface area (Å²) in [4.78, 5) is 4.57. The lowest BCUT2D eigenvalue weighted by Crippen LogP contribution is -2.29. The molecule has 1 aliphatic rings. The molecule has 0 bridgehead atoms. The monoisotopic (exact) mass is 210 g/mol. The number of rotatable bonds is 8. The molecule has 1 N–H and O–H groups in total. The van der Waals surface area contributed by atoms with Crippen LogP contribution in [0.5, 0.6) is 0 Å². The van der Waals surface area contributed by atoms with Crippen LogP contribution in [0.15, 0.2) is 4.99 Å². The third-order valence-corrected chi connectivity index (χ3v) is 3.05. The Hall–Kier alpha value is -0.530. The van der Waals surface area contributed by atoms with Crippen LogP contribution in [0.3, 0.4) is 0 Å². The first-order valence-electron chi connectivity index (χ1n) is 6.66. The van der Waals surface area contributed by atoms with Crippen LogP contribution in [0.1, 0.15) is 65.2 Å². The Labute approximate surface area is 94.6 Å². The summed E-state index contributed by atoms with van der Waals surface area (Å²) in [6, 6.07) is 0.646. The van der Waals surface area contributed by atoms with E-state index in [4.69, 9.17) is 0 Å². The van der Waals surface area contributed by atoms with Crippen LogP contribution in [-0.4, -0.2) is 18.4 Å². The van der Waals surface area contributed by atoms with Crippen molar-refractivity contribution in [2.45, 2.75) is 71.3 Å². The molecular formula is C13H26N2. The highest BCUT2D eigenvalue weighted by Gasteiger charge is 2.15. The van der Waals surface area contributed by atoms with Crippen molar-refractivity contribution < 1.29 is 0 Å². The zero-order valence-corrected chi connectivity index (χ0v) is 10.4. The number of amidine groups is 1. The fourth-order valence-electron chi connectivity index (χ4n) is 2.05. The van der Waals surface area contributed by atoms with Gasteiger partial charge in [0.15, 0.2) is 0 Å². The summed E-state index contributed by atoms with van der Waals surface area (Å²) in [6.07, 6.45) is 10.4. The zero-order chi connectivity index (χ0) is 10.9. The van der Waals surface area contributed by atoms with Gasteiger partial charge in [0.1, 0.15) is 0 Å². The number of nitrogens with one attached hydrogen (secondary N) is 1. The van der Waals surface area contributed by atoms with E-state index < -0.39 is 0 Å². The van der Waals surface area contributed by atoms with E-state index >= 15 is 0 Å². The second kappa shape index (κ2) is 7.72. The Morgan fingerprint density at radius 3 is 2.60 bits per heavy atom. The summed E-state index contributed by atoms with van der Waals surface area (Å²) < 4.78 is 0.